The fourth-order valence-electron chi connectivity index (χ4n) is 3.41. The van der Waals surface area contributed by atoms with Crippen LogP contribution in [0, 0.1) is 11.8 Å². The van der Waals surface area contributed by atoms with E-state index in [0.29, 0.717) is 11.8 Å². The minimum atomic E-state index is -0.280. The van der Waals surface area contributed by atoms with Gasteiger partial charge in [0, 0.05) is 11.5 Å². The van der Waals surface area contributed by atoms with Crippen molar-refractivity contribution in [1.29, 1.82) is 0 Å². The van der Waals surface area contributed by atoms with E-state index in [0.717, 1.165) is 17.7 Å². The molecule has 0 aromatic heterocycles. The number of benzene rings is 1. The highest BCUT2D eigenvalue weighted by Crippen LogP contribution is 2.39. The number of ketones is 1. The Hall–Kier alpha value is -1.57. The molecular formula is C17H20O2. The van der Waals surface area contributed by atoms with Crippen LogP contribution in [-0.4, -0.2) is 11.9 Å². The van der Waals surface area contributed by atoms with Gasteiger partial charge in [0.25, 0.3) is 0 Å². The van der Waals surface area contributed by atoms with E-state index in [-0.39, 0.29) is 11.9 Å². The Morgan fingerprint density at radius 2 is 1.89 bits per heavy atom. The Kier molecular flexibility index (Phi) is 3.41. The summed E-state index contributed by atoms with van der Waals surface area (Å²) in [4.78, 5) is 12.6. The number of carbonyl (C=O) groups excluding carboxylic acids is 1. The van der Waals surface area contributed by atoms with Crippen LogP contribution in [0.1, 0.15) is 43.0 Å². The Morgan fingerprint density at radius 1 is 1.16 bits per heavy atom. The molecule has 0 radical (unpaired) electrons. The number of hydrogen-bond donors (Lipinski definition) is 0. The van der Waals surface area contributed by atoms with Gasteiger partial charge in [-0.25, -0.2) is 0 Å². The van der Waals surface area contributed by atoms with E-state index in [1.165, 1.54) is 19.3 Å². The summed E-state index contributed by atoms with van der Waals surface area (Å²) in [5, 5.41) is 0. The van der Waals surface area contributed by atoms with Crippen molar-refractivity contribution >= 4 is 5.78 Å². The van der Waals surface area contributed by atoms with Crippen LogP contribution in [0.2, 0.25) is 0 Å². The van der Waals surface area contributed by atoms with Crippen molar-refractivity contribution < 1.29 is 9.53 Å². The van der Waals surface area contributed by atoms with Crippen molar-refractivity contribution in [2.24, 2.45) is 11.8 Å². The van der Waals surface area contributed by atoms with Crippen LogP contribution < -0.4 is 0 Å². The molecule has 2 heteroatoms. The highest BCUT2D eigenvalue weighted by atomic mass is 16.5. The SMILES string of the molecule is CC1=C[C@H]2CCCC[C@@H]2[C@@H](C(=O)c2ccccc2)O1. The van der Waals surface area contributed by atoms with Crippen LogP contribution in [0.4, 0.5) is 0 Å². The molecule has 19 heavy (non-hydrogen) atoms. The second-order valence-corrected chi connectivity index (χ2v) is 5.66. The number of ether oxygens (including phenoxy) is 1. The highest BCUT2D eigenvalue weighted by Gasteiger charge is 2.39. The van der Waals surface area contributed by atoms with Crippen LogP contribution in [0.5, 0.6) is 0 Å². The zero-order valence-electron chi connectivity index (χ0n) is 11.3. The maximum atomic E-state index is 12.6. The van der Waals surface area contributed by atoms with E-state index in [9.17, 15) is 4.79 Å². The number of hydrogen-bond acceptors (Lipinski definition) is 2. The Morgan fingerprint density at radius 3 is 2.68 bits per heavy atom. The molecule has 0 N–H and O–H groups in total. The maximum absolute atomic E-state index is 12.6. The molecule has 2 nitrogen and oxygen atoms in total. The van der Waals surface area contributed by atoms with Crippen molar-refractivity contribution in [3.05, 3.63) is 47.7 Å². The largest absolute Gasteiger partial charge is 0.487 e. The first-order valence-corrected chi connectivity index (χ1v) is 7.20. The zero-order chi connectivity index (χ0) is 13.2. The van der Waals surface area contributed by atoms with Gasteiger partial charge in [-0.1, -0.05) is 43.2 Å². The second kappa shape index (κ2) is 5.20. The molecule has 1 aromatic carbocycles. The van der Waals surface area contributed by atoms with Crippen LogP contribution in [0.15, 0.2) is 42.2 Å². The van der Waals surface area contributed by atoms with Crippen molar-refractivity contribution in [3.63, 3.8) is 0 Å². The van der Waals surface area contributed by atoms with Gasteiger partial charge in [0.1, 0.15) is 0 Å². The maximum Gasteiger partial charge on any atom is 0.203 e. The van der Waals surface area contributed by atoms with Gasteiger partial charge in [-0.2, -0.15) is 0 Å². The molecule has 0 spiro atoms. The predicted octanol–water partition coefficient (Wildman–Crippen LogP) is 3.98. The molecule has 0 amide bonds. The van der Waals surface area contributed by atoms with Crippen molar-refractivity contribution in [2.45, 2.75) is 38.7 Å². The summed E-state index contributed by atoms with van der Waals surface area (Å²) in [5.74, 6) is 1.95. The van der Waals surface area contributed by atoms with Gasteiger partial charge < -0.3 is 4.74 Å². The minimum Gasteiger partial charge on any atom is -0.487 e. The van der Waals surface area contributed by atoms with Crippen molar-refractivity contribution in [2.75, 3.05) is 0 Å². The average molecular weight is 256 g/mol. The molecule has 100 valence electrons. The van der Waals surface area contributed by atoms with Gasteiger partial charge in [-0.3, -0.25) is 4.79 Å². The molecule has 1 aliphatic carbocycles. The number of Topliss-reactive ketones (excluding diaryl/α,β-unsaturated/α-hetero) is 1. The monoisotopic (exact) mass is 256 g/mol. The summed E-state index contributed by atoms with van der Waals surface area (Å²) in [5.41, 5.74) is 0.770. The van der Waals surface area contributed by atoms with Crippen LogP contribution in [0.25, 0.3) is 0 Å². The molecule has 0 bridgehead atoms. The van der Waals surface area contributed by atoms with E-state index in [2.05, 4.69) is 6.08 Å². The Balaban J connectivity index is 1.87. The molecular weight excluding hydrogens is 236 g/mol. The predicted molar refractivity (Wildman–Crippen MR) is 74.9 cm³/mol. The van der Waals surface area contributed by atoms with E-state index in [4.69, 9.17) is 4.74 Å². The molecule has 3 atom stereocenters. The summed E-state index contributed by atoms with van der Waals surface area (Å²) in [7, 11) is 0. The van der Waals surface area contributed by atoms with Crippen LogP contribution in [0.3, 0.4) is 0 Å². The van der Waals surface area contributed by atoms with Gasteiger partial charge in [0.05, 0.1) is 5.76 Å². The smallest absolute Gasteiger partial charge is 0.203 e. The average Bonchev–Trinajstić information content (AvgIpc) is 2.46. The van der Waals surface area contributed by atoms with E-state index >= 15 is 0 Å². The molecule has 2 aliphatic rings. The molecule has 1 aromatic rings. The first-order valence-electron chi connectivity index (χ1n) is 7.20. The first kappa shape index (κ1) is 12.5. The van der Waals surface area contributed by atoms with Crippen LogP contribution >= 0.6 is 0 Å². The molecule has 3 rings (SSSR count). The highest BCUT2D eigenvalue weighted by molar-refractivity contribution is 5.99. The minimum absolute atomic E-state index is 0.143. The van der Waals surface area contributed by atoms with Crippen molar-refractivity contribution in [1.82, 2.24) is 0 Å². The number of rotatable bonds is 2. The normalized spacial score (nSPS) is 29.9. The molecule has 0 unspecified atom stereocenters. The third kappa shape index (κ3) is 2.44. The lowest BCUT2D eigenvalue weighted by atomic mass is 9.73. The summed E-state index contributed by atoms with van der Waals surface area (Å²) < 4.78 is 5.88. The van der Waals surface area contributed by atoms with Gasteiger partial charge in [-0.05, 0) is 31.8 Å². The Labute approximate surface area is 114 Å². The number of allylic oxidation sites excluding steroid dienone is 2. The third-order valence-corrected chi connectivity index (χ3v) is 4.34. The summed E-state index contributed by atoms with van der Waals surface area (Å²) in [6.07, 6.45) is 6.74. The van der Waals surface area contributed by atoms with E-state index < -0.39 is 0 Å². The summed E-state index contributed by atoms with van der Waals surface area (Å²) in [6.45, 7) is 1.97. The Bertz CT molecular complexity index is 489. The lowest BCUT2D eigenvalue weighted by Gasteiger charge is -2.39. The molecule has 0 saturated heterocycles. The van der Waals surface area contributed by atoms with Crippen LogP contribution in [-0.2, 0) is 4.74 Å². The standard InChI is InChI=1S/C17H20O2/c1-12-11-14-9-5-6-10-15(14)17(19-12)16(18)13-7-3-2-4-8-13/h2-4,7-8,11,14-15,17H,5-6,9-10H2,1H3/t14-,15+,17+/m1/s1. The zero-order valence-corrected chi connectivity index (χ0v) is 11.3. The topological polar surface area (TPSA) is 26.3 Å². The van der Waals surface area contributed by atoms with Gasteiger partial charge in [-0.15, -0.1) is 0 Å². The molecule has 1 aliphatic heterocycles. The van der Waals surface area contributed by atoms with Gasteiger partial charge in [0.15, 0.2) is 6.10 Å². The quantitative estimate of drug-likeness (QED) is 0.748. The first-order chi connectivity index (χ1) is 9.25. The lowest BCUT2D eigenvalue weighted by Crippen LogP contribution is -2.40. The lowest BCUT2D eigenvalue weighted by molar-refractivity contribution is 0.0136. The van der Waals surface area contributed by atoms with Gasteiger partial charge >= 0.3 is 0 Å². The molecule has 1 saturated carbocycles. The third-order valence-electron chi connectivity index (χ3n) is 4.34. The van der Waals surface area contributed by atoms with Gasteiger partial charge in [0.2, 0.25) is 5.78 Å². The van der Waals surface area contributed by atoms with E-state index in [1.807, 2.05) is 37.3 Å². The molecule has 1 fully saturated rings. The molecule has 1 heterocycles. The second-order valence-electron chi connectivity index (χ2n) is 5.66. The fraction of sp³-hybridized carbons (Fsp3) is 0.471. The number of carbonyl (C=O) groups is 1. The van der Waals surface area contributed by atoms with E-state index in [1.54, 1.807) is 0 Å². The fourth-order valence-corrected chi connectivity index (χ4v) is 3.41. The summed E-state index contributed by atoms with van der Waals surface area (Å²) in [6, 6.07) is 9.54. The summed E-state index contributed by atoms with van der Waals surface area (Å²) >= 11 is 0. The number of fused-ring (bicyclic) bond motifs is 1. The van der Waals surface area contributed by atoms with Crippen molar-refractivity contribution in [3.8, 4) is 0 Å².